The molecular weight excluding hydrogens is 168 g/mol. The SMILES string of the molecule is Cc1nc2cc(C(C)O)cnc2o1. The highest BCUT2D eigenvalue weighted by Gasteiger charge is 2.07. The second-order valence-electron chi connectivity index (χ2n) is 3.00. The van der Waals surface area contributed by atoms with Gasteiger partial charge in [-0.1, -0.05) is 0 Å². The van der Waals surface area contributed by atoms with Crippen molar-refractivity contribution in [2.45, 2.75) is 20.0 Å². The maximum atomic E-state index is 9.29. The standard InChI is InChI=1S/C9H10N2O2/c1-5(12)7-3-8-9(10-4-7)13-6(2)11-8/h3-5,12H,1-2H3. The molecule has 0 aliphatic rings. The van der Waals surface area contributed by atoms with E-state index in [0.29, 0.717) is 17.1 Å². The van der Waals surface area contributed by atoms with Gasteiger partial charge in [0.2, 0.25) is 5.71 Å². The summed E-state index contributed by atoms with van der Waals surface area (Å²) in [5, 5.41) is 9.29. The monoisotopic (exact) mass is 178 g/mol. The van der Waals surface area contributed by atoms with E-state index < -0.39 is 6.10 Å². The molecule has 0 fully saturated rings. The van der Waals surface area contributed by atoms with Gasteiger partial charge in [0, 0.05) is 18.7 Å². The third kappa shape index (κ3) is 1.40. The molecule has 0 aromatic carbocycles. The molecule has 0 spiro atoms. The van der Waals surface area contributed by atoms with Crippen molar-refractivity contribution < 1.29 is 9.52 Å². The first-order chi connectivity index (χ1) is 6.16. The molecule has 2 rings (SSSR count). The Morgan fingerprint density at radius 1 is 1.54 bits per heavy atom. The van der Waals surface area contributed by atoms with Crippen molar-refractivity contribution in [2.24, 2.45) is 0 Å². The summed E-state index contributed by atoms with van der Waals surface area (Å²) in [5.41, 5.74) is 1.96. The number of aryl methyl sites for hydroxylation is 1. The van der Waals surface area contributed by atoms with E-state index in [4.69, 9.17) is 4.42 Å². The fourth-order valence-electron chi connectivity index (χ4n) is 1.18. The number of aliphatic hydroxyl groups is 1. The molecular formula is C9H10N2O2. The molecule has 4 heteroatoms. The Kier molecular flexibility index (Phi) is 1.77. The zero-order chi connectivity index (χ0) is 9.42. The molecule has 0 saturated heterocycles. The number of nitrogens with zero attached hydrogens (tertiary/aromatic N) is 2. The van der Waals surface area contributed by atoms with Gasteiger partial charge in [0.1, 0.15) is 5.52 Å². The number of oxazole rings is 1. The number of fused-ring (bicyclic) bond motifs is 1. The van der Waals surface area contributed by atoms with Crippen LogP contribution in [0.4, 0.5) is 0 Å². The summed E-state index contributed by atoms with van der Waals surface area (Å²) < 4.78 is 5.20. The molecule has 2 aromatic heterocycles. The minimum absolute atomic E-state index is 0.516. The van der Waals surface area contributed by atoms with Crippen LogP contribution in [0.15, 0.2) is 16.7 Å². The summed E-state index contributed by atoms with van der Waals surface area (Å²) in [6.07, 6.45) is 1.08. The molecule has 0 saturated carbocycles. The quantitative estimate of drug-likeness (QED) is 0.720. The van der Waals surface area contributed by atoms with Crippen molar-refractivity contribution in [1.29, 1.82) is 0 Å². The normalized spacial score (nSPS) is 13.5. The molecule has 0 aliphatic carbocycles. The van der Waals surface area contributed by atoms with E-state index in [1.54, 1.807) is 26.1 Å². The van der Waals surface area contributed by atoms with Gasteiger partial charge in [-0.05, 0) is 13.0 Å². The maximum Gasteiger partial charge on any atom is 0.246 e. The Morgan fingerprint density at radius 3 is 3.00 bits per heavy atom. The van der Waals surface area contributed by atoms with Crippen molar-refractivity contribution in [3.63, 3.8) is 0 Å². The van der Waals surface area contributed by atoms with Crippen LogP contribution in [0.3, 0.4) is 0 Å². The van der Waals surface area contributed by atoms with E-state index in [9.17, 15) is 5.11 Å². The van der Waals surface area contributed by atoms with E-state index in [-0.39, 0.29) is 0 Å². The number of pyridine rings is 1. The van der Waals surface area contributed by atoms with Crippen molar-refractivity contribution in [3.8, 4) is 0 Å². The zero-order valence-electron chi connectivity index (χ0n) is 7.48. The number of hydrogen-bond donors (Lipinski definition) is 1. The summed E-state index contributed by atoms with van der Waals surface area (Å²) in [6, 6.07) is 1.78. The average Bonchev–Trinajstić information content (AvgIpc) is 2.42. The first kappa shape index (κ1) is 8.19. The molecule has 1 N–H and O–H groups in total. The zero-order valence-corrected chi connectivity index (χ0v) is 7.48. The lowest BCUT2D eigenvalue weighted by Crippen LogP contribution is -1.91. The summed E-state index contributed by atoms with van der Waals surface area (Å²) >= 11 is 0. The lowest BCUT2D eigenvalue weighted by Gasteiger charge is -2.01. The molecule has 0 radical (unpaired) electrons. The van der Waals surface area contributed by atoms with Crippen LogP contribution in [-0.2, 0) is 0 Å². The van der Waals surface area contributed by atoms with Gasteiger partial charge >= 0.3 is 0 Å². The second-order valence-corrected chi connectivity index (χ2v) is 3.00. The Hall–Kier alpha value is -1.42. The minimum Gasteiger partial charge on any atom is -0.423 e. The molecule has 13 heavy (non-hydrogen) atoms. The van der Waals surface area contributed by atoms with Crippen molar-refractivity contribution in [3.05, 3.63) is 23.7 Å². The van der Waals surface area contributed by atoms with Crippen molar-refractivity contribution >= 4 is 11.2 Å². The molecule has 2 heterocycles. The number of aliphatic hydroxyl groups excluding tert-OH is 1. The summed E-state index contributed by atoms with van der Waals surface area (Å²) in [5.74, 6) is 0.588. The molecule has 0 bridgehead atoms. The second kappa shape index (κ2) is 2.81. The van der Waals surface area contributed by atoms with Gasteiger partial charge in [-0.2, -0.15) is 0 Å². The Bertz CT molecular complexity index is 434. The molecule has 4 nitrogen and oxygen atoms in total. The Balaban J connectivity index is 2.61. The third-order valence-corrected chi connectivity index (χ3v) is 1.86. The predicted molar refractivity (Wildman–Crippen MR) is 47.2 cm³/mol. The summed E-state index contributed by atoms with van der Waals surface area (Å²) in [7, 11) is 0. The van der Waals surface area contributed by atoms with Crippen LogP contribution < -0.4 is 0 Å². The van der Waals surface area contributed by atoms with Crippen LogP contribution in [0.5, 0.6) is 0 Å². The highest BCUT2D eigenvalue weighted by atomic mass is 16.4. The maximum absolute atomic E-state index is 9.29. The number of aromatic nitrogens is 2. The topological polar surface area (TPSA) is 59.2 Å². The predicted octanol–water partition coefficient (Wildman–Crippen LogP) is 1.58. The largest absolute Gasteiger partial charge is 0.423 e. The molecule has 0 amide bonds. The summed E-state index contributed by atoms with van der Waals surface area (Å²) in [4.78, 5) is 8.15. The fourth-order valence-corrected chi connectivity index (χ4v) is 1.18. The van der Waals surface area contributed by atoms with E-state index in [0.717, 1.165) is 5.56 Å². The van der Waals surface area contributed by atoms with Crippen LogP contribution in [0.1, 0.15) is 24.5 Å². The highest BCUT2D eigenvalue weighted by Crippen LogP contribution is 2.17. The summed E-state index contributed by atoms with van der Waals surface area (Å²) in [6.45, 7) is 3.46. The lowest BCUT2D eigenvalue weighted by molar-refractivity contribution is 0.199. The third-order valence-electron chi connectivity index (χ3n) is 1.86. The average molecular weight is 178 g/mol. The minimum atomic E-state index is -0.520. The smallest absolute Gasteiger partial charge is 0.246 e. The first-order valence-electron chi connectivity index (χ1n) is 4.08. The van der Waals surface area contributed by atoms with Gasteiger partial charge in [-0.3, -0.25) is 0 Å². The molecule has 2 aromatic rings. The van der Waals surface area contributed by atoms with Crippen molar-refractivity contribution in [2.75, 3.05) is 0 Å². The van der Waals surface area contributed by atoms with Gasteiger partial charge in [0.25, 0.3) is 0 Å². The molecule has 0 aliphatic heterocycles. The van der Waals surface area contributed by atoms with Gasteiger partial charge in [0.15, 0.2) is 5.89 Å². The molecule has 68 valence electrons. The van der Waals surface area contributed by atoms with Gasteiger partial charge in [-0.25, -0.2) is 9.97 Å². The Morgan fingerprint density at radius 2 is 2.31 bits per heavy atom. The van der Waals surface area contributed by atoms with Crippen LogP contribution >= 0.6 is 0 Å². The molecule has 1 unspecified atom stereocenters. The van der Waals surface area contributed by atoms with Crippen molar-refractivity contribution in [1.82, 2.24) is 9.97 Å². The lowest BCUT2D eigenvalue weighted by atomic mass is 10.2. The van der Waals surface area contributed by atoms with E-state index >= 15 is 0 Å². The van der Waals surface area contributed by atoms with Gasteiger partial charge < -0.3 is 9.52 Å². The highest BCUT2D eigenvalue weighted by molar-refractivity contribution is 5.68. The van der Waals surface area contributed by atoms with Crippen LogP contribution in [0.25, 0.3) is 11.2 Å². The number of rotatable bonds is 1. The van der Waals surface area contributed by atoms with Crippen LogP contribution in [-0.4, -0.2) is 15.1 Å². The number of hydrogen-bond acceptors (Lipinski definition) is 4. The molecule has 1 atom stereocenters. The fraction of sp³-hybridized carbons (Fsp3) is 0.333. The van der Waals surface area contributed by atoms with Crippen LogP contribution in [0, 0.1) is 6.92 Å². The van der Waals surface area contributed by atoms with E-state index in [2.05, 4.69) is 9.97 Å². The van der Waals surface area contributed by atoms with Gasteiger partial charge in [0.05, 0.1) is 6.10 Å². The van der Waals surface area contributed by atoms with Gasteiger partial charge in [-0.15, -0.1) is 0 Å². The first-order valence-corrected chi connectivity index (χ1v) is 4.08. The Labute approximate surface area is 75.2 Å². The van der Waals surface area contributed by atoms with E-state index in [1.165, 1.54) is 0 Å². The van der Waals surface area contributed by atoms with E-state index in [1.807, 2.05) is 0 Å². The van der Waals surface area contributed by atoms with Crippen LogP contribution in [0.2, 0.25) is 0 Å².